The van der Waals surface area contributed by atoms with Gasteiger partial charge in [-0.1, -0.05) is 0 Å². The minimum absolute atomic E-state index is 0.433. The molecule has 4 N–H and O–H groups in total. The topological polar surface area (TPSA) is 146 Å². The first-order chi connectivity index (χ1) is 9.90. The molecular weight excluding hydrogens is 288 g/mol. The second kappa shape index (κ2) is 5.93. The Kier molecular flexibility index (Phi) is 4.42. The SMILES string of the molecule is CO[C@@H]1[C@H](O)[C@@H](CO)O[C@H]1N1C(=O)NC(=O)CC1C(=O)O. The zero-order chi connectivity index (χ0) is 15.7. The number of nitrogens with zero attached hydrogens (tertiary/aromatic N) is 1. The van der Waals surface area contributed by atoms with Crippen LogP contribution < -0.4 is 5.32 Å². The summed E-state index contributed by atoms with van der Waals surface area (Å²) in [4.78, 5) is 35.3. The highest BCUT2D eigenvalue weighted by Crippen LogP contribution is 2.29. The summed E-state index contributed by atoms with van der Waals surface area (Å²) < 4.78 is 10.4. The van der Waals surface area contributed by atoms with Crippen LogP contribution in [0, 0.1) is 0 Å². The van der Waals surface area contributed by atoms with Crippen LogP contribution in [0.5, 0.6) is 0 Å². The summed E-state index contributed by atoms with van der Waals surface area (Å²) in [6.07, 6.45) is -4.94. The van der Waals surface area contributed by atoms with E-state index < -0.39 is 61.5 Å². The number of methoxy groups -OCH3 is 1. The molecule has 21 heavy (non-hydrogen) atoms. The first-order valence-corrected chi connectivity index (χ1v) is 6.22. The molecule has 10 nitrogen and oxygen atoms in total. The predicted octanol–water partition coefficient (Wildman–Crippen LogP) is -2.53. The fourth-order valence-corrected chi connectivity index (χ4v) is 2.50. The van der Waals surface area contributed by atoms with Gasteiger partial charge in [0, 0.05) is 7.11 Å². The van der Waals surface area contributed by atoms with Gasteiger partial charge in [-0.3, -0.25) is 15.0 Å². The molecule has 0 bridgehead atoms. The lowest BCUT2D eigenvalue weighted by Gasteiger charge is -2.38. The molecule has 5 atom stereocenters. The number of rotatable bonds is 4. The number of aliphatic hydroxyl groups is 2. The summed E-state index contributed by atoms with van der Waals surface area (Å²) >= 11 is 0. The van der Waals surface area contributed by atoms with Crippen LogP contribution in [0.25, 0.3) is 0 Å². The molecule has 2 aliphatic rings. The molecule has 2 saturated heterocycles. The van der Waals surface area contributed by atoms with E-state index in [2.05, 4.69) is 0 Å². The van der Waals surface area contributed by atoms with Crippen molar-refractivity contribution in [2.45, 2.75) is 37.0 Å². The van der Waals surface area contributed by atoms with E-state index in [1.54, 1.807) is 0 Å². The normalized spacial score (nSPS) is 36.7. The van der Waals surface area contributed by atoms with E-state index >= 15 is 0 Å². The summed E-state index contributed by atoms with van der Waals surface area (Å²) in [5.74, 6) is -2.09. The molecular formula is C11H16N2O8. The Morgan fingerprint density at radius 2 is 2.19 bits per heavy atom. The molecule has 0 saturated carbocycles. The minimum atomic E-state index is -1.43. The maximum atomic E-state index is 11.9. The van der Waals surface area contributed by atoms with Gasteiger partial charge in [-0.15, -0.1) is 0 Å². The lowest BCUT2D eigenvalue weighted by Crippen LogP contribution is -2.63. The second-order valence-corrected chi connectivity index (χ2v) is 4.76. The third kappa shape index (κ3) is 2.70. The zero-order valence-corrected chi connectivity index (χ0v) is 11.1. The zero-order valence-electron chi connectivity index (χ0n) is 11.1. The maximum absolute atomic E-state index is 11.9. The molecule has 0 radical (unpaired) electrons. The second-order valence-electron chi connectivity index (χ2n) is 4.76. The van der Waals surface area contributed by atoms with Crippen LogP contribution >= 0.6 is 0 Å². The van der Waals surface area contributed by atoms with E-state index in [-0.39, 0.29) is 0 Å². The van der Waals surface area contributed by atoms with Crippen molar-refractivity contribution in [2.24, 2.45) is 0 Å². The van der Waals surface area contributed by atoms with Gasteiger partial charge in [0.05, 0.1) is 13.0 Å². The van der Waals surface area contributed by atoms with Gasteiger partial charge in [0.15, 0.2) is 6.23 Å². The third-order valence-corrected chi connectivity index (χ3v) is 3.52. The molecule has 1 unspecified atom stereocenters. The molecule has 0 aromatic carbocycles. The van der Waals surface area contributed by atoms with Crippen molar-refractivity contribution < 1.29 is 39.2 Å². The first kappa shape index (κ1) is 15.6. The van der Waals surface area contributed by atoms with E-state index in [4.69, 9.17) is 14.6 Å². The molecule has 2 fully saturated rings. The maximum Gasteiger partial charge on any atom is 0.327 e. The van der Waals surface area contributed by atoms with E-state index in [9.17, 15) is 24.6 Å². The number of urea groups is 1. The summed E-state index contributed by atoms with van der Waals surface area (Å²) in [5.41, 5.74) is 0. The molecule has 0 aromatic heterocycles. The largest absolute Gasteiger partial charge is 0.480 e. The number of aliphatic hydroxyl groups excluding tert-OH is 2. The van der Waals surface area contributed by atoms with E-state index in [1.807, 2.05) is 5.32 Å². The van der Waals surface area contributed by atoms with Crippen molar-refractivity contribution in [3.8, 4) is 0 Å². The van der Waals surface area contributed by atoms with E-state index in [0.29, 0.717) is 0 Å². The minimum Gasteiger partial charge on any atom is -0.480 e. The monoisotopic (exact) mass is 304 g/mol. The van der Waals surface area contributed by atoms with Crippen LogP contribution in [0.2, 0.25) is 0 Å². The van der Waals surface area contributed by atoms with Gasteiger partial charge in [-0.25, -0.2) is 9.59 Å². The number of imide groups is 1. The smallest absolute Gasteiger partial charge is 0.327 e. The summed E-state index contributed by atoms with van der Waals surface area (Å²) in [5, 5.41) is 30.2. The molecule has 10 heteroatoms. The number of aliphatic carboxylic acids is 1. The van der Waals surface area contributed by atoms with Gasteiger partial charge < -0.3 is 24.8 Å². The number of amides is 3. The predicted molar refractivity (Wildman–Crippen MR) is 64.0 cm³/mol. The van der Waals surface area contributed by atoms with Gasteiger partial charge in [0.25, 0.3) is 0 Å². The van der Waals surface area contributed by atoms with Crippen molar-refractivity contribution in [2.75, 3.05) is 13.7 Å². The molecule has 0 spiro atoms. The number of carboxylic acid groups (broad SMARTS) is 1. The van der Waals surface area contributed by atoms with Gasteiger partial charge in [0.2, 0.25) is 5.91 Å². The molecule has 2 aliphatic heterocycles. The number of hydrogen-bond acceptors (Lipinski definition) is 7. The Balaban J connectivity index is 2.30. The van der Waals surface area contributed by atoms with Gasteiger partial charge in [-0.05, 0) is 0 Å². The average molecular weight is 304 g/mol. The van der Waals surface area contributed by atoms with Crippen molar-refractivity contribution >= 4 is 17.9 Å². The van der Waals surface area contributed by atoms with Crippen molar-refractivity contribution in [1.29, 1.82) is 0 Å². The van der Waals surface area contributed by atoms with Gasteiger partial charge >= 0.3 is 12.0 Å². The summed E-state index contributed by atoms with van der Waals surface area (Å²) in [7, 11) is 1.26. The van der Waals surface area contributed by atoms with Crippen LogP contribution in [0.1, 0.15) is 6.42 Å². The number of carbonyl (C=O) groups is 3. The molecule has 3 amide bonds. The molecule has 0 aromatic rings. The Bertz CT molecular complexity index is 456. The highest BCUT2D eigenvalue weighted by molar-refractivity contribution is 6.01. The van der Waals surface area contributed by atoms with Crippen molar-refractivity contribution in [3.05, 3.63) is 0 Å². The Labute approximate surface area is 119 Å². The van der Waals surface area contributed by atoms with Crippen molar-refractivity contribution in [1.82, 2.24) is 10.2 Å². The fraction of sp³-hybridized carbons (Fsp3) is 0.727. The number of hydrogen-bond donors (Lipinski definition) is 4. The third-order valence-electron chi connectivity index (χ3n) is 3.52. The number of carboxylic acids is 1. The van der Waals surface area contributed by atoms with Crippen LogP contribution in [0.15, 0.2) is 0 Å². The van der Waals surface area contributed by atoms with Crippen LogP contribution in [-0.2, 0) is 19.1 Å². The molecule has 2 heterocycles. The Morgan fingerprint density at radius 3 is 2.71 bits per heavy atom. The Hall–Kier alpha value is -1.75. The number of carbonyl (C=O) groups excluding carboxylic acids is 2. The van der Waals surface area contributed by atoms with Crippen LogP contribution in [-0.4, -0.2) is 82.4 Å². The highest BCUT2D eigenvalue weighted by Gasteiger charge is 2.52. The fourth-order valence-electron chi connectivity index (χ4n) is 2.50. The van der Waals surface area contributed by atoms with Crippen molar-refractivity contribution in [3.63, 3.8) is 0 Å². The van der Waals surface area contributed by atoms with E-state index in [0.717, 1.165) is 4.90 Å². The van der Waals surface area contributed by atoms with Gasteiger partial charge in [0.1, 0.15) is 24.4 Å². The standard InChI is InChI=1S/C11H16N2O8/c1-20-8-7(16)5(3-14)21-9(8)13-4(10(17)18)2-6(15)12-11(13)19/h4-5,7-9,14,16H,2-3H2,1H3,(H,17,18)(H,12,15,19)/t4?,5-,7-,8-,9-/m1/s1. The lowest BCUT2D eigenvalue weighted by molar-refractivity contribution is -0.156. The molecule has 0 aliphatic carbocycles. The first-order valence-electron chi connectivity index (χ1n) is 6.22. The summed E-state index contributed by atoms with van der Waals surface area (Å²) in [6.45, 7) is -0.524. The number of ether oxygens (including phenoxy) is 2. The number of nitrogens with one attached hydrogen (secondary N) is 1. The average Bonchev–Trinajstić information content (AvgIpc) is 2.73. The lowest BCUT2D eigenvalue weighted by atomic mass is 10.1. The van der Waals surface area contributed by atoms with Crippen LogP contribution in [0.4, 0.5) is 4.79 Å². The quantitative estimate of drug-likeness (QED) is 0.445. The van der Waals surface area contributed by atoms with Crippen LogP contribution in [0.3, 0.4) is 0 Å². The van der Waals surface area contributed by atoms with Gasteiger partial charge in [-0.2, -0.15) is 0 Å². The highest BCUT2D eigenvalue weighted by atomic mass is 16.6. The molecule has 118 valence electrons. The molecule has 2 rings (SSSR count). The summed E-state index contributed by atoms with van der Waals surface area (Å²) in [6, 6.07) is -2.38. The Morgan fingerprint density at radius 1 is 1.52 bits per heavy atom. The van der Waals surface area contributed by atoms with E-state index in [1.165, 1.54) is 7.11 Å².